The number of rotatable bonds is 0. The molecule has 1 heterocycles. The van der Waals surface area contributed by atoms with Crippen LogP contribution in [-0.4, -0.2) is 34.5 Å². The zero-order valence-corrected chi connectivity index (χ0v) is 7.39. The Balaban J connectivity index is 0.000000490. The molecule has 0 saturated carbocycles. The first-order valence-corrected chi connectivity index (χ1v) is 2.34. The van der Waals surface area contributed by atoms with E-state index in [-0.39, 0.29) is 29.6 Å². The summed E-state index contributed by atoms with van der Waals surface area (Å²) in [7, 11) is 0. The molecule has 0 aliphatic carbocycles. The summed E-state index contributed by atoms with van der Waals surface area (Å²) >= 11 is 5.43. The summed E-state index contributed by atoms with van der Waals surface area (Å²) in [6.45, 7) is 0. The molecule has 0 aliphatic heterocycles. The van der Waals surface area contributed by atoms with Crippen LogP contribution in [0.5, 0.6) is 0 Å². The van der Waals surface area contributed by atoms with Gasteiger partial charge in [0.05, 0.1) is 0 Å². The fourth-order valence-electron chi connectivity index (χ4n) is 0.342. The van der Waals surface area contributed by atoms with Crippen LogP contribution in [0.1, 0.15) is 0 Å². The Kier molecular flexibility index (Phi) is 4.57. The van der Waals surface area contributed by atoms with Crippen molar-refractivity contribution in [2.24, 2.45) is 0 Å². The molecule has 0 aromatic carbocycles. The molecule has 1 aromatic heterocycles. The predicted octanol–water partition coefficient (Wildman–Crippen LogP) is 1.35. The quantitative estimate of drug-likeness (QED) is 0.388. The molecule has 0 bridgehead atoms. The van der Waals surface area contributed by atoms with Gasteiger partial charge in [-0.15, -0.1) is 0 Å². The third kappa shape index (κ3) is 2.68. The van der Waals surface area contributed by atoms with Crippen LogP contribution < -0.4 is 0 Å². The van der Waals surface area contributed by atoms with Gasteiger partial charge in [0.2, 0.25) is 0 Å². The van der Waals surface area contributed by atoms with Crippen molar-refractivity contribution in [3.05, 3.63) is 29.5 Å². The number of aromatic nitrogens is 1. The maximum atomic E-state index is 5.43. The van der Waals surface area contributed by atoms with E-state index >= 15 is 0 Å². The summed E-state index contributed by atoms with van der Waals surface area (Å²) in [6.07, 6.45) is 1.66. The van der Waals surface area contributed by atoms with E-state index in [4.69, 9.17) is 11.6 Å². The van der Waals surface area contributed by atoms with E-state index in [1.165, 1.54) is 0 Å². The molecule has 1 radical (unpaired) electrons. The minimum absolute atomic E-state index is 0. The topological polar surface area (TPSA) is 12.9 Å². The van der Waals surface area contributed by atoms with Gasteiger partial charge in [0.1, 0.15) is 5.15 Å². The molecule has 0 saturated heterocycles. The zero-order chi connectivity index (χ0) is 5.11. The van der Waals surface area contributed by atoms with E-state index in [2.05, 4.69) is 4.98 Å². The monoisotopic (exact) mass is 136 g/mol. The zero-order valence-electron chi connectivity index (χ0n) is 4.63. The average Bonchev–Trinajstić information content (AvgIpc) is 1.69. The molecular formula is C5H4ClNNa. The predicted molar refractivity (Wildman–Crippen MR) is 35.0 cm³/mol. The van der Waals surface area contributed by atoms with Gasteiger partial charge in [-0.3, -0.25) is 0 Å². The first kappa shape index (κ1) is 8.44. The number of halogens is 1. The van der Waals surface area contributed by atoms with Crippen molar-refractivity contribution in [1.29, 1.82) is 0 Å². The minimum atomic E-state index is 0. The van der Waals surface area contributed by atoms with E-state index in [0.29, 0.717) is 5.15 Å². The Hall–Kier alpha value is 0.440. The molecule has 8 heavy (non-hydrogen) atoms. The van der Waals surface area contributed by atoms with Gasteiger partial charge in [0.15, 0.2) is 0 Å². The number of pyridine rings is 1. The van der Waals surface area contributed by atoms with Gasteiger partial charge in [-0.25, -0.2) is 4.98 Å². The van der Waals surface area contributed by atoms with Crippen LogP contribution in [-0.2, 0) is 0 Å². The van der Waals surface area contributed by atoms with Crippen molar-refractivity contribution in [3.63, 3.8) is 0 Å². The molecule has 0 unspecified atom stereocenters. The summed E-state index contributed by atoms with van der Waals surface area (Å²) < 4.78 is 0. The van der Waals surface area contributed by atoms with Crippen molar-refractivity contribution in [2.75, 3.05) is 0 Å². The van der Waals surface area contributed by atoms with E-state index in [0.717, 1.165) is 0 Å². The first-order valence-electron chi connectivity index (χ1n) is 1.96. The Morgan fingerprint density at radius 3 is 2.38 bits per heavy atom. The first-order chi connectivity index (χ1) is 3.39. The van der Waals surface area contributed by atoms with Crippen molar-refractivity contribution >= 4 is 41.2 Å². The van der Waals surface area contributed by atoms with Crippen LogP contribution in [0.15, 0.2) is 24.4 Å². The molecule has 0 fully saturated rings. The van der Waals surface area contributed by atoms with Gasteiger partial charge < -0.3 is 0 Å². The fraction of sp³-hybridized carbons (Fsp3) is 0. The average molecular weight is 137 g/mol. The van der Waals surface area contributed by atoms with Crippen LogP contribution in [0.25, 0.3) is 0 Å². The van der Waals surface area contributed by atoms with Gasteiger partial charge in [0.25, 0.3) is 0 Å². The maximum absolute atomic E-state index is 5.43. The molecule has 1 nitrogen and oxygen atoms in total. The van der Waals surface area contributed by atoms with Crippen LogP contribution >= 0.6 is 11.6 Å². The van der Waals surface area contributed by atoms with Crippen LogP contribution in [0.4, 0.5) is 0 Å². The second-order valence-electron chi connectivity index (χ2n) is 1.15. The Labute approximate surface area is 75.4 Å². The Bertz CT molecular complexity index is 142. The summed E-state index contributed by atoms with van der Waals surface area (Å²) in [5, 5.41) is 0.544. The molecular weight excluding hydrogens is 133 g/mol. The van der Waals surface area contributed by atoms with Gasteiger partial charge in [-0.05, 0) is 12.1 Å². The Morgan fingerprint density at radius 1 is 1.38 bits per heavy atom. The van der Waals surface area contributed by atoms with Gasteiger partial charge in [0, 0.05) is 35.8 Å². The second kappa shape index (κ2) is 4.33. The van der Waals surface area contributed by atoms with E-state index < -0.39 is 0 Å². The molecule has 0 spiro atoms. The smallest absolute Gasteiger partial charge is 0.129 e. The molecule has 0 aliphatic rings. The molecule has 3 heteroatoms. The number of hydrogen-bond donors (Lipinski definition) is 0. The third-order valence-corrected chi connectivity index (χ3v) is 0.852. The minimum Gasteiger partial charge on any atom is -0.245 e. The summed E-state index contributed by atoms with van der Waals surface area (Å²) in [4.78, 5) is 3.74. The van der Waals surface area contributed by atoms with E-state index in [1.54, 1.807) is 12.3 Å². The SMILES string of the molecule is Clc1ccccn1.[Na]. The maximum Gasteiger partial charge on any atom is 0.129 e. The third-order valence-electron chi connectivity index (χ3n) is 0.629. The summed E-state index contributed by atoms with van der Waals surface area (Å²) in [5.41, 5.74) is 0. The van der Waals surface area contributed by atoms with Gasteiger partial charge >= 0.3 is 0 Å². The molecule has 0 amide bonds. The van der Waals surface area contributed by atoms with Crippen LogP contribution in [0.3, 0.4) is 0 Å². The van der Waals surface area contributed by atoms with Crippen LogP contribution in [0, 0.1) is 0 Å². The number of nitrogens with zero attached hydrogens (tertiary/aromatic N) is 1. The van der Waals surface area contributed by atoms with Crippen molar-refractivity contribution < 1.29 is 0 Å². The standard InChI is InChI=1S/C5H4ClN.Na/c6-5-3-1-2-4-7-5;/h1-4H;. The summed E-state index contributed by atoms with van der Waals surface area (Å²) in [5.74, 6) is 0. The number of hydrogen-bond acceptors (Lipinski definition) is 1. The molecule has 37 valence electrons. The van der Waals surface area contributed by atoms with Crippen molar-refractivity contribution in [2.45, 2.75) is 0 Å². The molecule has 1 aromatic rings. The van der Waals surface area contributed by atoms with Gasteiger partial charge in [-0.2, -0.15) is 0 Å². The molecule has 0 atom stereocenters. The molecule has 1 rings (SSSR count). The van der Waals surface area contributed by atoms with E-state index in [1.807, 2.05) is 12.1 Å². The fourth-order valence-corrected chi connectivity index (χ4v) is 0.471. The molecule has 0 N–H and O–H groups in total. The second-order valence-corrected chi connectivity index (χ2v) is 1.54. The normalized spacial score (nSPS) is 7.62. The summed E-state index contributed by atoms with van der Waals surface area (Å²) in [6, 6.07) is 5.41. The van der Waals surface area contributed by atoms with Crippen LogP contribution in [0.2, 0.25) is 5.15 Å². The van der Waals surface area contributed by atoms with Crippen molar-refractivity contribution in [1.82, 2.24) is 4.98 Å². The Morgan fingerprint density at radius 2 is 2.12 bits per heavy atom. The largest absolute Gasteiger partial charge is 0.245 e. The van der Waals surface area contributed by atoms with Gasteiger partial charge in [-0.1, -0.05) is 17.7 Å². The van der Waals surface area contributed by atoms with Crippen molar-refractivity contribution in [3.8, 4) is 0 Å². The van der Waals surface area contributed by atoms with E-state index in [9.17, 15) is 0 Å².